The fraction of sp³-hybridized carbons (Fsp3) is 0. The average Bonchev–Trinajstić information content (AvgIpc) is 2.15. The molecule has 1 aromatic heterocycles. The molecule has 0 spiro atoms. The van der Waals surface area contributed by atoms with E-state index in [1.54, 1.807) is 0 Å². The van der Waals surface area contributed by atoms with Crippen LogP contribution in [-0.4, -0.2) is 21.3 Å². The highest BCUT2D eigenvalue weighted by atomic mass is 16.4. The Balaban J connectivity index is 2.94. The van der Waals surface area contributed by atoms with Gasteiger partial charge < -0.3 is 19.7 Å². The molecule has 1 aromatic carbocycles. The van der Waals surface area contributed by atoms with E-state index in [0.29, 0.717) is 0 Å². The second-order valence-electron chi connectivity index (χ2n) is 3.09. The summed E-state index contributed by atoms with van der Waals surface area (Å²) in [6.07, 6.45) is 0. The Morgan fingerprint density at radius 1 is 1.25 bits per heavy atom. The van der Waals surface area contributed by atoms with E-state index in [0.717, 1.165) is 12.1 Å². The minimum atomic E-state index is -1.47. The van der Waals surface area contributed by atoms with Crippen molar-refractivity contribution in [3.05, 3.63) is 34.2 Å². The van der Waals surface area contributed by atoms with Crippen molar-refractivity contribution in [1.82, 2.24) is 0 Å². The highest BCUT2D eigenvalue weighted by Gasteiger charge is 2.19. The first-order chi connectivity index (χ1) is 7.50. The Morgan fingerprint density at radius 3 is 2.56 bits per heavy atom. The van der Waals surface area contributed by atoms with Crippen molar-refractivity contribution >= 4 is 16.9 Å². The SMILES string of the molecule is O=C(O)c1c(O)cc2oc(=O)ccc2c1O. The molecule has 0 bridgehead atoms. The molecular weight excluding hydrogens is 216 g/mol. The third-order valence-electron chi connectivity index (χ3n) is 2.09. The van der Waals surface area contributed by atoms with E-state index in [9.17, 15) is 19.8 Å². The lowest BCUT2D eigenvalue weighted by Crippen LogP contribution is -2.00. The van der Waals surface area contributed by atoms with Gasteiger partial charge in [-0.25, -0.2) is 9.59 Å². The molecule has 6 nitrogen and oxygen atoms in total. The Hall–Kier alpha value is -2.50. The van der Waals surface area contributed by atoms with Crippen LogP contribution in [0.1, 0.15) is 10.4 Å². The number of carbonyl (C=O) groups is 1. The maximum Gasteiger partial charge on any atom is 0.343 e. The molecule has 0 aliphatic carbocycles. The number of hydrogen-bond donors (Lipinski definition) is 3. The van der Waals surface area contributed by atoms with Crippen molar-refractivity contribution in [3.8, 4) is 11.5 Å². The number of aromatic hydroxyl groups is 2. The Kier molecular flexibility index (Phi) is 2.05. The number of hydrogen-bond acceptors (Lipinski definition) is 5. The van der Waals surface area contributed by atoms with Crippen molar-refractivity contribution in [3.63, 3.8) is 0 Å². The van der Waals surface area contributed by atoms with Crippen molar-refractivity contribution in [2.24, 2.45) is 0 Å². The summed E-state index contributed by atoms with van der Waals surface area (Å²) in [4.78, 5) is 21.6. The number of fused-ring (bicyclic) bond motifs is 1. The second-order valence-corrected chi connectivity index (χ2v) is 3.09. The van der Waals surface area contributed by atoms with Gasteiger partial charge in [0.1, 0.15) is 22.6 Å². The highest BCUT2D eigenvalue weighted by Crippen LogP contribution is 2.34. The fourth-order valence-corrected chi connectivity index (χ4v) is 1.40. The monoisotopic (exact) mass is 222 g/mol. The number of carboxylic acids is 1. The fourth-order valence-electron chi connectivity index (χ4n) is 1.40. The standard InChI is InChI=1S/C10H6O6/c11-5-3-6-4(1-2-7(12)16-6)9(13)8(5)10(14)15/h1-3,11,13H,(H,14,15). The van der Waals surface area contributed by atoms with E-state index >= 15 is 0 Å². The number of phenols is 2. The predicted molar refractivity (Wildman–Crippen MR) is 52.8 cm³/mol. The molecule has 0 radical (unpaired) electrons. The zero-order valence-electron chi connectivity index (χ0n) is 7.80. The minimum absolute atomic E-state index is 0.0507. The molecule has 0 aliphatic rings. The van der Waals surface area contributed by atoms with Gasteiger partial charge in [0.25, 0.3) is 0 Å². The molecule has 0 saturated carbocycles. The quantitative estimate of drug-likeness (QED) is 0.618. The molecule has 0 aliphatic heterocycles. The van der Waals surface area contributed by atoms with Gasteiger partial charge in [0.05, 0.1) is 5.39 Å². The minimum Gasteiger partial charge on any atom is -0.507 e. The summed E-state index contributed by atoms with van der Waals surface area (Å²) < 4.78 is 4.69. The number of rotatable bonds is 1. The van der Waals surface area contributed by atoms with Crippen LogP contribution in [0, 0.1) is 0 Å². The van der Waals surface area contributed by atoms with E-state index in [4.69, 9.17) is 5.11 Å². The molecule has 82 valence electrons. The van der Waals surface area contributed by atoms with Crippen molar-refractivity contribution in [2.75, 3.05) is 0 Å². The molecular formula is C10H6O6. The Labute approximate surface area is 88.0 Å². The van der Waals surface area contributed by atoms with Crippen LogP contribution in [0.5, 0.6) is 11.5 Å². The summed E-state index contributed by atoms with van der Waals surface area (Å²) >= 11 is 0. The lowest BCUT2D eigenvalue weighted by Gasteiger charge is -2.05. The van der Waals surface area contributed by atoms with Gasteiger partial charge in [0.2, 0.25) is 0 Å². The van der Waals surface area contributed by atoms with Crippen LogP contribution in [0.4, 0.5) is 0 Å². The summed E-state index contributed by atoms with van der Waals surface area (Å²) in [5.74, 6) is -2.76. The van der Waals surface area contributed by atoms with Gasteiger partial charge in [-0.15, -0.1) is 0 Å². The van der Waals surface area contributed by atoms with E-state index in [1.807, 2.05) is 0 Å². The molecule has 0 atom stereocenters. The van der Waals surface area contributed by atoms with Gasteiger partial charge in [-0.1, -0.05) is 0 Å². The number of benzene rings is 1. The molecule has 6 heteroatoms. The molecule has 16 heavy (non-hydrogen) atoms. The first kappa shape index (κ1) is 10.0. The van der Waals surface area contributed by atoms with E-state index in [1.165, 1.54) is 6.07 Å². The Morgan fingerprint density at radius 2 is 1.94 bits per heavy atom. The normalized spacial score (nSPS) is 10.5. The molecule has 2 aromatic rings. The molecule has 3 N–H and O–H groups in total. The van der Waals surface area contributed by atoms with Crippen LogP contribution in [-0.2, 0) is 0 Å². The molecule has 1 heterocycles. The van der Waals surface area contributed by atoms with Gasteiger partial charge in [-0.3, -0.25) is 0 Å². The van der Waals surface area contributed by atoms with Crippen LogP contribution in [0.2, 0.25) is 0 Å². The summed E-state index contributed by atoms with van der Waals surface area (Å²) in [7, 11) is 0. The van der Waals surface area contributed by atoms with Crippen LogP contribution >= 0.6 is 0 Å². The van der Waals surface area contributed by atoms with Gasteiger partial charge in [0.15, 0.2) is 0 Å². The molecule has 0 amide bonds. The van der Waals surface area contributed by atoms with Crippen LogP contribution < -0.4 is 5.63 Å². The van der Waals surface area contributed by atoms with Gasteiger partial charge in [0, 0.05) is 12.1 Å². The summed E-state index contributed by atoms with van der Waals surface area (Å²) in [6, 6.07) is 3.24. The molecule has 0 saturated heterocycles. The van der Waals surface area contributed by atoms with Gasteiger partial charge in [-0.05, 0) is 6.07 Å². The van der Waals surface area contributed by atoms with Crippen molar-refractivity contribution in [2.45, 2.75) is 0 Å². The summed E-state index contributed by atoms with van der Waals surface area (Å²) in [6.45, 7) is 0. The van der Waals surface area contributed by atoms with Crippen LogP contribution in [0.3, 0.4) is 0 Å². The highest BCUT2D eigenvalue weighted by molar-refractivity contribution is 6.01. The lowest BCUT2D eigenvalue weighted by atomic mass is 10.1. The smallest absolute Gasteiger partial charge is 0.343 e. The maximum absolute atomic E-state index is 10.9. The summed E-state index contributed by atoms with van der Waals surface area (Å²) in [5.41, 5.74) is -1.36. The Bertz CT molecular complexity index is 640. The van der Waals surface area contributed by atoms with E-state index in [-0.39, 0.29) is 11.0 Å². The van der Waals surface area contributed by atoms with Crippen molar-refractivity contribution < 1.29 is 24.5 Å². The molecule has 0 fully saturated rings. The first-order valence-electron chi connectivity index (χ1n) is 4.23. The maximum atomic E-state index is 10.9. The van der Waals surface area contributed by atoms with Crippen LogP contribution in [0.15, 0.2) is 27.4 Å². The van der Waals surface area contributed by atoms with Crippen LogP contribution in [0.25, 0.3) is 11.0 Å². The number of aromatic carboxylic acids is 1. The van der Waals surface area contributed by atoms with E-state index in [2.05, 4.69) is 4.42 Å². The molecule has 0 unspecified atom stereocenters. The van der Waals surface area contributed by atoms with Crippen molar-refractivity contribution in [1.29, 1.82) is 0 Å². The van der Waals surface area contributed by atoms with E-state index < -0.39 is 28.7 Å². The topological polar surface area (TPSA) is 108 Å². The second kappa shape index (κ2) is 3.27. The van der Waals surface area contributed by atoms with Gasteiger partial charge >= 0.3 is 11.6 Å². The number of carboxylic acid groups (broad SMARTS) is 1. The third kappa shape index (κ3) is 1.36. The first-order valence-corrected chi connectivity index (χ1v) is 4.23. The predicted octanol–water partition coefficient (Wildman–Crippen LogP) is 0.902. The third-order valence-corrected chi connectivity index (χ3v) is 2.09. The average molecular weight is 222 g/mol. The largest absolute Gasteiger partial charge is 0.507 e. The van der Waals surface area contributed by atoms with Gasteiger partial charge in [-0.2, -0.15) is 0 Å². The molecule has 2 rings (SSSR count). The summed E-state index contributed by atoms with van der Waals surface area (Å²) in [5, 5.41) is 27.7. The zero-order chi connectivity index (χ0) is 11.9. The zero-order valence-corrected chi connectivity index (χ0v) is 7.80. The lowest BCUT2D eigenvalue weighted by molar-refractivity contribution is 0.0691.